The first-order valence-corrected chi connectivity index (χ1v) is 8.07. The van der Waals surface area contributed by atoms with E-state index in [0.29, 0.717) is 5.41 Å². The van der Waals surface area contributed by atoms with Crippen LogP contribution in [-0.4, -0.2) is 11.8 Å². The number of carbonyl (C=O) groups is 1. The van der Waals surface area contributed by atoms with Gasteiger partial charge in [-0.1, -0.05) is 0 Å². The lowest BCUT2D eigenvalue weighted by molar-refractivity contribution is -0.172. The Hall–Kier alpha value is -0.990. The molecule has 5 aliphatic rings. The minimum absolute atomic E-state index is 0.165. The van der Waals surface area contributed by atoms with Gasteiger partial charge >= 0.3 is 5.97 Å². The molecule has 1 saturated heterocycles. The van der Waals surface area contributed by atoms with E-state index in [0.717, 1.165) is 30.6 Å². The van der Waals surface area contributed by atoms with Gasteiger partial charge in [0.05, 0.1) is 0 Å². The number of hydrogen-bond donors (Lipinski definition) is 0. The van der Waals surface area contributed by atoms with Gasteiger partial charge in [-0.2, -0.15) is 0 Å². The summed E-state index contributed by atoms with van der Waals surface area (Å²) >= 11 is 0. The molecule has 110 valence electrons. The Morgan fingerprint density at radius 2 is 1.60 bits per heavy atom. The van der Waals surface area contributed by atoms with E-state index in [4.69, 9.17) is 9.47 Å². The van der Waals surface area contributed by atoms with Gasteiger partial charge in [0.2, 0.25) is 5.76 Å². The number of carbonyl (C=O) groups excluding carboxylic acids is 1. The second-order valence-corrected chi connectivity index (χ2v) is 7.97. The summed E-state index contributed by atoms with van der Waals surface area (Å²) < 4.78 is 10.9. The van der Waals surface area contributed by atoms with Crippen LogP contribution in [0.15, 0.2) is 12.3 Å². The normalized spacial score (nSPS) is 49.4. The molecule has 0 aromatic heterocycles. The number of ether oxygens (including phenoxy) is 2. The topological polar surface area (TPSA) is 35.5 Å². The van der Waals surface area contributed by atoms with E-state index < -0.39 is 11.8 Å². The first kappa shape index (κ1) is 12.7. The van der Waals surface area contributed by atoms with Crippen LogP contribution < -0.4 is 0 Å². The third kappa shape index (κ3) is 1.97. The largest absolute Gasteiger partial charge is 0.445 e. The zero-order valence-corrected chi connectivity index (χ0v) is 12.3. The molecule has 3 heteroatoms. The van der Waals surface area contributed by atoms with Gasteiger partial charge in [0.1, 0.15) is 0 Å². The maximum absolute atomic E-state index is 11.5. The van der Waals surface area contributed by atoms with Crippen LogP contribution in [0.25, 0.3) is 0 Å². The highest BCUT2D eigenvalue weighted by Crippen LogP contribution is 2.62. The number of rotatable bonds is 3. The summed E-state index contributed by atoms with van der Waals surface area (Å²) in [5.74, 6) is 1.91. The van der Waals surface area contributed by atoms with Crippen molar-refractivity contribution in [3.63, 3.8) is 0 Å². The molecule has 4 aliphatic carbocycles. The summed E-state index contributed by atoms with van der Waals surface area (Å²) in [5, 5.41) is 0. The Kier molecular flexibility index (Phi) is 2.56. The second-order valence-electron chi connectivity index (χ2n) is 7.97. The molecule has 1 unspecified atom stereocenters. The van der Waals surface area contributed by atoms with E-state index in [1.54, 1.807) is 0 Å². The third-order valence-corrected chi connectivity index (χ3v) is 6.15. The minimum atomic E-state index is -0.766. The molecule has 1 aliphatic heterocycles. The fourth-order valence-electron chi connectivity index (χ4n) is 5.77. The molecule has 0 radical (unpaired) electrons. The lowest BCUT2D eigenvalue weighted by Crippen LogP contribution is -2.46. The molecule has 4 bridgehead atoms. The Labute approximate surface area is 120 Å². The lowest BCUT2D eigenvalue weighted by atomic mass is 9.48. The highest BCUT2D eigenvalue weighted by molar-refractivity contribution is 5.87. The highest BCUT2D eigenvalue weighted by atomic mass is 16.8. The molecule has 0 N–H and O–H groups in total. The minimum Gasteiger partial charge on any atom is -0.445 e. The molecule has 1 heterocycles. The second kappa shape index (κ2) is 4.02. The Morgan fingerprint density at radius 1 is 1.05 bits per heavy atom. The Balaban J connectivity index is 1.45. The Bertz CT molecular complexity index is 414. The number of hydrogen-bond acceptors (Lipinski definition) is 3. The van der Waals surface area contributed by atoms with Gasteiger partial charge in [0.15, 0.2) is 0 Å². The number of esters is 1. The molecule has 0 aromatic carbocycles. The smallest absolute Gasteiger partial charge is 0.376 e. The van der Waals surface area contributed by atoms with Crippen molar-refractivity contribution in [2.75, 3.05) is 0 Å². The molecule has 3 nitrogen and oxygen atoms in total. The van der Waals surface area contributed by atoms with Crippen molar-refractivity contribution in [2.24, 2.45) is 23.2 Å². The molecule has 1 atom stereocenters. The predicted molar refractivity (Wildman–Crippen MR) is 74.6 cm³/mol. The van der Waals surface area contributed by atoms with E-state index in [-0.39, 0.29) is 5.76 Å². The van der Waals surface area contributed by atoms with Gasteiger partial charge in [-0.05, 0) is 74.7 Å². The van der Waals surface area contributed by atoms with E-state index >= 15 is 0 Å². The van der Waals surface area contributed by atoms with E-state index in [1.165, 1.54) is 38.5 Å². The maximum Gasteiger partial charge on any atom is 0.376 e. The molecule has 20 heavy (non-hydrogen) atoms. The fourth-order valence-corrected chi connectivity index (χ4v) is 5.77. The molecular formula is C17H24O3. The van der Waals surface area contributed by atoms with Crippen molar-refractivity contribution >= 4 is 5.97 Å². The van der Waals surface area contributed by atoms with Crippen molar-refractivity contribution in [1.29, 1.82) is 0 Å². The molecule has 5 fully saturated rings. The summed E-state index contributed by atoms with van der Waals surface area (Å²) in [5.41, 5.74) is 0.511. The molecular weight excluding hydrogens is 252 g/mol. The van der Waals surface area contributed by atoms with E-state index in [1.807, 2.05) is 6.92 Å². The van der Waals surface area contributed by atoms with Crippen LogP contribution >= 0.6 is 0 Å². The monoisotopic (exact) mass is 276 g/mol. The first-order valence-electron chi connectivity index (χ1n) is 8.07. The maximum atomic E-state index is 11.5. The summed E-state index contributed by atoms with van der Waals surface area (Å²) in [6.45, 7) is 5.49. The number of cyclic esters (lactones) is 1. The Morgan fingerprint density at radius 3 is 2.05 bits per heavy atom. The molecule has 4 saturated carbocycles. The van der Waals surface area contributed by atoms with Crippen LogP contribution in [-0.2, 0) is 14.3 Å². The van der Waals surface area contributed by atoms with Crippen molar-refractivity contribution < 1.29 is 14.3 Å². The van der Waals surface area contributed by atoms with Crippen LogP contribution in [0.3, 0.4) is 0 Å². The van der Waals surface area contributed by atoms with Gasteiger partial charge < -0.3 is 9.47 Å². The van der Waals surface area contributed by atoms with Gasteiger partial charge in [0, 0.05) is 13.3 Å². The summed E-state index contributed by atoms with van der Waals surface area (Å²) in [6.07, 6.45) is 10.5. The van der Waals surface area contributed by atoms with Crippen LogP contribution in [0.4, 0.5) is 0 Å². The van der Waals surface area contributed by atoms with Crippen LogP contribution in [0.2, 0.25) is 0 Å². The average molecular weight is 276 g/mol. The zero-order chi connectivity index (χ0) is 14.0. The van der Waals surface area contributed by atoms with Crippen molar-refractivity contribution in [2.45, 2.75) is 64.1 Å². The first-order chi connectivity index (χ1) is 9.45. The van der Waals surface area contributed by atoms with Crippen molar-refractivity contribution in [3.05, 3.63) is 12.3 Å². The van der Waals surface area contributed by atoms with Crippen molar-refractivity contribution in [3.8, 4) is 0 Å². The zero-order valence-electron chi connectivity index (χ0n) is 12.3. The summed E-state index contributed by atoms with van der Waals surface area (Å²) in [7, 11) is 0. The summed E-state index contributed by atoms with van der Waals surface area (Å²) in [4.78, 5) is 11.5. The quantitative estimate of drug-likeness (QED) is 0.581. The SMILES string of the molecule is C=C1OC(C)(CCC23CC4CC(CC(C4)C2)C3)OC1=O. The average Bonchev–Trinajstić information content (AvgIpc) is 2.60. The van der Waals surface area contributed by atoms with Gasteiger partial charge in [-0.25, -0.2) is 4.79 Å². The van der Waals surface area contributed by atoms with Gasteiger partial charge in [-0.15, -0.1) is 0 Å². The predicted octanol–water partition coefficient (Wildman–Crippen LogP) is 3.79. The molecule has 0 spiro atoms. The summed E-state index contributed by atoms with van der Waals surface area (Å²) in [6, 6.07) is 0. The van der Waals surface area contributed by atoms with Crippen molar-refractivity contribution in [1.82, 2.24) is 0 Å². The lowest BCUT2D eigenvalue weighted by Gasteiger charge is -2.57. The molecule has 0 amide bonds. The van der Waals surface area contributed by atoms with Crippen LogP contribution in [0.1, 0.15) is 58.3 Å². The van der Waals surface area contributed by atoms with E-state index in [2.05, 4.69) is 6.58 Å². The third-order valence-electron chi connectivity index (χ3n) is 6.15. The van der Waals surface area contributed by atoms with Gasteiger partial charge in [0.25, 0.3) is 5.79 Å². The fraction of sp³-hybridized carbons (Fsp3) is 0.824. The highest BCUT2D eigenvalue weighted by Gasteiger charge is 2.52. The van der Waals surface area contributed by atoms with Crippen LogP contribution in [0, 0.1) is 23.2 Å². The van der Waals surface area contributed by atoms with Crippen LogP contribution in [0.5, 0.6) is 0 Å². The standard InChI is InChI=1S/C17H24O3/c1-11-15(18)20-16(2,19-11)3-4-17-8-12-5-13(9-17)7-14(6-12)10-17/h12-14H,1,3-10H2,2H3. The van der Waals surface area contributed by atoms with Gasteiger partial charge in [-0.3, -0.25) is 0 Å². The molecule has 5 rings (SSSR count). The molecule has 0 aromatic rings. The van der Waals surface area contributed by atoms with E-state index in [9.17, 15) is 4.79 Å².